The van der Waals surface area contributed by atoms with Crippen LogP contribution in [-0.2, 0) is 11.8 Å². The monoisotopic (exact) mass is 231 g/mol. The summed E-state index contributed by atoms with van der Waals surface area (Å²) in [6, 6.07) is 7.50. The molecule has 4 nitrogen and oxygen atoms in total. The molecule has 17 heavy (non-hydrogen) atoms. The first-order chi connectivity index (χ1) is 8.02. The molecule has 1 aromatic carbocycles. The molecule has 0 saturated carbocycles. The number of Topliss-reactive ketones (excluding diaryl/α,β-unsaturated/α-hetero) is 1. The number of fused-ring (bicyclic) bond motifs is 1. The lowest BCUT2D eigenvalue weighted by Crippen LogP contribution is -2.08. The van der Waals surface area contributed by atoms with Crippen LogP contribution in [0, 0.1) is 6.92 Å². The number of rotatable bonds is 3. The van der Waals surface area contributed by atoms with Crippen LogP contribution in [0.4, 0.5) is 0 Å². The summed E-state index contributed by atoms with van der Waals surface area (Å²) in [7, 11) is 1.87. The van der Waals surface area contributed by atoms with Gasteiger partial charge < -0.3 is 9.67 Å². The smallest absolute Gasteiger partial charge is 0.311 e. The predicted octanol–water partition coefficient (Wildman–Crippen LogP) is 2.14. The molecule has 2 rings (SSSR count). The minimum absolute atomic E-state index is 0.341. The summed E-state index contributed by atoms with van der Waals surface area (Å²) < 4.78 is 1.91. The Morgan fingerprint density at radius 3 is 2.59 bits per heavy atom. The van der Waals surface area contributed by atoms with Gasteiger partial charge in [-0.25, -0.2) is 0 Å². The SMILES string of the molecule is Cc1c(C(=O)CC(=O)O)c2ccccc2n1C. The molecule has 0 unspecified atom stereocenters. The van der Waals surface area contributed by atoms with Crippen molar-refractivity contribution >= 4 is 22.7 Å². The highest BCUT2D eigenvalue weighted by Crippen LogP contribution is 2.25. The lowest BCUT2D eigenvalue weighted by atomic mass is 10.0. The van der Waals surface area contributed by atoms with Gasteiger partial charge in [0.05, 0.1) is 0 Å². The third-order valence-electron chi connectivity index (χ3n) is 2.99. The Balaban J connectivity index is 2.64. The summed E-state index contributed by atoms with van der Waals surface area (Å²) in [6.07, 6.45) is -0.463. The molecule has 1 aromatic heterocycles. The number of carbonyl (C=O) groups excluding carboxylic acids is 1. The Labute approximate surface area is 98.5 Å². The standard InChI is InChI=1S/C13H13NO3/c1-8-13(11(15)7-12(16)17)9-5-3-4-6-10(9)14(8)2/h3-6H,7H2,1-2H3,(H,16,17). The molecule has 0 fully saturated rings. The first-order valence-electron chi connectivity index (χ1n) is 5.31. The molecule has 0 amide bonds. The molecule has 88 valence electrons. The van der Waals surface area contributed by atoms with Crippen LogP contribution in [-0.4, -0.2) is 21.4 Å². The molecule has 0 aliphatic rings. The first kappa shape index (κ1) is 11.4. The van der Waals surface area contributed by atoms with E-state index in [1.54, 1.807) is 0 Å². The number of hydrogen-bond acceptors (Lipinski definition) is 2. The van der Waals surface area contributed by atoms with Crippen molar-refractivity contribution in [3.05, 3.63) is 35.5 Å². The molecule has 2 aromatic rings. The van der Waals surface area contributed by atoms with Crippen molar-refractivity contribution in [2.45, 2.75) is 13.3 Å². The Morgan fingerprint density at radius 1 is 1.29 bits per heavy atom. The highest BCUT2D eigenvalue weighted by atomic mass is 16.4. The molecular weight excluding hydrogens is 218 g/mol. The fourth-order valence-electron chi connectivity index (χ4n) is 2.10. The van der Waals surface area contributed by atoms with Gasteiger partial charge >= 0.3 is 5.97 Å². The van der Waals surface area contributed by atoms with Gasteiger partial charge in [0.2, 0.25) is 0 Å². The molecule has 1 heterocycles. The summed E-state index contributed by atoms with van der Waals surface area (Å²) in [6.45, 7) is 1.83. The number of para-hydroxylation sites is 1. The summed E-state index contributed by atoms with van der Waals surface area (Å²) in [4.78, 5) is 22.5. The van der Waals surface area contributed by atoms with Crippen molar-refractivity contribution in [2.24, 2.45) is 7.05 Å². The highest BCUT2D eigenvalue weighted by Gasteiger charge is 2.19. The molecule has 0 radical (unpaired) electrons. The van der Waals surface area contributed by atoms with E-state index in [2.05, 4.69) is 0 Å². The Hall–Kier alpha value is -2.10. The van der Waals surface area contributed by atoms with Crippen LogP contribution in [0.2, 0.25) is 0 Å². The normalized spacial score (nSPS) is 10.7. The van der Waals surface area contributed by atoms with E-state index in [0.717, 1.165) is 16.6 Å². The van der Waals surface area contributed by atoms with Crippen LogP contribution in [0.5, 0.6) is 0 Å². The summed E-state index contributed by atoms with van der Waals surface area (Å²) in [5.41, 5.74) is 2.27. The topological polar surface area (TPSA) is 59.3 Å². The lowest BCUT2D eigenvalue weighted by molar-refractivity contribution is -0.135. The predicted molar refractivity (Wildman–Crippen MR) is 64.2 cm³/mol. The Morgan fingerprint density at radius 2 is 1.94 bits per heavy atom. The van der Waals surface area contributed by atoms with Gasteiger partial charge in [-0.1, -0.05) is 18.2 Å². The van der Waals surface area contributed by atoms with Gasteiger partial charge in [-0.05, 0) is 13.0 Å². The number of aryl methyl sites for hydroxylation is 1. The van der Waals surface area contributed by atoms with Crippen molar-refractivity contribution in [2.75, 3.05) is 0 Å². The molecule has 0 spiro atoms. The van der Waals surface area contributed by atoms with Gasteiger partial charge in [0.1, 0.15) is 6.42 Å². The molecular formula is C13H13NO3. The molecule has 0 saturated heterocycles. The average Bonchev–Trinajstić information content (AvgIpc) is 2.51. The average molecular weight is 231 g/mol. The molecule has 0 bridgehead atoms. The van der Waals surface area contributed by atoms with Gasteiger partial charge in [0.25, 0.3) is 0 Å². The zero-order valence-electron chi connectivity index (χ0n) is 9.73. The lowest BCUT2D eigenvalue weighted by Gasteiger charge is -1.99. The number of carboxylic acid groups (broad SMARTS) is 1. The minimum Gasteiger partial charge on any atom is -0.481 e. The first-order valence-corrected chi connectivity index (χ1v) is 5.31. The van der Waals surface area contributed by atoms with Gasteiger partial charge in [0, 0.05) is 29.2 Å². The number of aromatic nitrogens is 1. The fourth-order valence-corrected chi connectivity index (χ4v) is 2.10. The van der Waals surface area contributed by atoms with Crippen molar-refractivity contribution < 1.29 is 14.7 Å². The van der Waals surface area contributed by atoms with Crippen LogP contribution in [0.3, 0.4) is 0 Å². The van der Waals surface area contributed by atoms with Crippen molar-refractivity contribution in [3.63, 3.8) is 0 Å². The quantitative estimate of drug-likeness (QED) is 0.650. The summed E-state index contributed by atoms with van der Waals surface area (Å²) >= 11 is 0. The van der Waals surface area contributed by atoms with Crippen molar-refractivity contribution in [1.29, 1.82) is 0 Å². The van der Waals surface area contributed by atoms with E-state index in [1.807, 2.05) is 42.8 Å². The maximum absolute atomic E-state index is 11.9. The highest BCUT2D eigenvalue weighted by molar-refractivity contribution is 6.14. The number of ketones is 1. The van der Waals surface area contributed by atoms with Crippen LogP contribution >= 0.6 is 0 Å². The zero-order chi connectivity index (χ0) is 12.6. The van der Waals surface area contributed by atoms with Crippen LogP contribution in [0.15, 0.2) is 24.3 Å². The van der Waals surface area contributed by atoms with E-state index in [9.17, 15) is 9.59 Å². The number of benzene rings is 1. The zero-order valence-corrected chi connectivity index (χ0v) is 9.73. The van der Waals surface area contributed by atoms with E-state index < -0.39 is 12.4 Å². The van der Waals surface area contributed by atoms with Crippen LogP contribution in [0.1, 0.15) is 22.5 Å². The Kier molecular flexibility index (Phi) is 2.71. The van der Waals surface area contributed by atoms with E-state index in [-0.39, 0.29) is 5.78 Å². The van der Waals surface area contributed by atoms with E-state index >= 15 is 0 Å². The molecule has 4 heteroatoms. The fraction of sp³-hybridized carbons (Fsp3) is 0.231. The van der Waals surface area contributed by atoms with Gasteiger partial charge in [-0.15, -0.1) is 0 Å². The number of carboxylic acids is 1. The summed E-state index contributed by atoms with van der Waals surface area (Å²) in [5, 5.41) is 9.51. The number of hydrogen-bond donors (Lipinski definition) is 1. The molecule has 0 aliphatic carbocycles. The number of carbonyl (C=O) groups is 2. The second-order valence-electron chi connectivity index (χ2n) is 4.03. The van der Waals surface area contributed by atoms with Gasteiger partial charge in [0.15, 0.2) is 5.78 Å². The minimum atomic E-state index is -1.10. The van der Waals surface area contributed by atoms with E-state index in [4.69, 9.17) is 5.11 Å². The van der Waals surface area contributed by atoms with Gasteiger partial charge in [-0.3, -0.25) is 9.59 Å². The van der Waals surface area contributed by atoms with Crippen molar-refractivity contribution in [1.82, 2.24) is 4.57 Å². The van der Waals surface area contributed by atoms with Gasteiger partial charge in [-0.2, -0.15) is 0 Å². The summed E-state index contributed by atoms with van der Waals surface area (Å²) in [5.74, 6) is -1.44. The number of aliphatic carboxylic acids is 1. The number of nitrogens with zero attached hydrogens (tertiary/aromatic N) is 1. The second-order valence-corrected chi connectivity index (χ2v) is 4.03. The molecule has 0 aliphatic heterocycles. The van der Waals surface area contributed by atoms with Crippen LogP contribution < -0.4 is 0 Å². The van der Waals surface area contributed by atoms with E-state index in [1.165, 1.54) is 0 Å². The second kappa shape index (κ2) is 4.05. The Bertz CT molecular complexity index is 610. The van der Waals surface area contributed by atoms with E-state index in [0.29, 0.717) is 5.56 Å². The molecule has 1 N–H and O–H groups in total. The third kappa shape index (κ3) is 1.82. The van der Waals surface area contributed by atoms with Crippen molar-refractivity contribution in [3.8, 4) is 0 Å². The largest absolute Gasteiger partial charge is 0.481 e. The maximum Gasteiger partial charge on any atom is 0.311 e. The maximum atomic E-state index is 11.9. The molecule has 0 atom stereocenters. The van der Waals surface area contributed by atoms with Crippen LogP contribution in [0.25, 0.3) is 10.9 Å². The third-order valence-corrected chi connectivity index (χ3v) is 2.99.